The Morgan fingerprint density at radius 3 is 2.14 bits per heavy atom. The van der Waals surface area contributed by atoms with Gasteiger partial charge in [-0.2, -0.15) is 17.6 Å². The van der Waals surface area contributed by atoms with Gasteiger partial charge in [-0.05, 0) is 25.1 Å². The molecular weight excluding hydrogens is 510 g/mol. The summed E-state index contributed by atoms with van der Waals surface area (Å²) in [5.41, 5.74) is 1.11. The number of halogens is 6. The van der Waals surface area contributed by atoms with Gasteiger partial charge in [0.05, 0.1) is 26.1 Å². The third-order valence-corrected chi connectivity index (χ3v) is 4.72. The topological polar surface area (TPSA) is 67.1 Å². The van der Waals surface area contributed by atoms with Crippen LogP contribution in [-0.2, 0) is 19.0 Å². The van der Waals surface area contributed by atoms with Gasteiger partial charge in [0.2, 0.25) is 0 Å². The Hall–Kier alpha value is -3.51. The lowest BCUT2D eigenvalue weighted by Crippen LogP contribution is -2.41. The Balaban J connectivity index is 1.51. The molecule has 12 heteroatoms. The first-order valence-electron chi connectivity index (χ1n) is 10.8. The predicted molar refractivity (Wildman–Crippen MR) is 119 cm³/mol. The van der Waals surface area contributed by atoms with Crippen LogP contribution in [0.4, 0.5) is 26.3 Å². The van der Waals surface area contributed by atoms with Crippen molar-refractivity contribution >= 4 is 16.9 Å². The number of hydrogen-bond acceptors (Lipinski definition) is 6. The highest BCUT2D eigenvalue weighted by Gasteiger charge is 2.52. The summed E-state index contributed by atoms with van der Waals surface area (Å²) >= 11 is 0. The summed E-state index contributed by atoms with van der Waals surface area (Å²) in [5.74, 6) is -0.356. The van der Waals surface area contributed by atoms with Crippen LogP contribution in [0.15, 0.2) is 71.2 Å². The van der Waals surface area contributed by atoms with Crippen LogP contribution in [0, 0.1) is 0 Å². The minimum atomic E-state index is -5.35. The summed E-state index contributed by atoms with van der Waals surface area (Å²) in [6.07, 6.45) is -17.5. The van der Waals surface area contributed by atoms with Crippen LogP contribution < -0.4 is 4.74 Å². The van der Waals surface area contributed by atoms with E-state index >= 15 is 0 Å². The Morgan fingerprint density at radius 2 is 1.51 bits per heavy atom. The largest absolute Gasteiger partial charge is 0.494 e. The number of furan rings is 1. The first-order chi connectivity index (χ1) is 17.3. The Morgan fingerprint density at radius 1 is 0.892 bits per heavy atom. The van der Waals surface area contributed by atoms with Crippen LogP contribution >= 0.6 is 0 Å². The molecule has 0 aliphatic heterocycles. The van der Waals surface area contributed by atoms with Gasteiger partial charge in [-0.3, -0.25) is 0 Å². The van der Waals surface area contributed by atoms with Crippen molar-refractivity contribution in [3.63, 3.8) is 0 Å². The zero-order valence-corrected chi connectivity index (χ0v) is 19.4. The fourth-order valence-corrected chi connectivity index (χ4v) is 2.99. The molecule has 6 nitrogen and oxygen atoms in total. The van der Waals surface area contributed by atoms with Crippen molar-refractivity contribution < 1.29 is 54.5 Å². The molecule has 3 aromatic rings. The first kappa shape index (κ1) is 28.1. The number of esters is 1. The Kier molecular flexibility index (Phi) is 8.54. The number of carbonyl (C=O) groups excluding carboxylic acids is 1. The van der Waals surface area contributed by atoms with Gasteiger partial charge in [-0.25, -0.2) is 14.3 Å². The number of hydrogen-bond donors (Lipinski definition) is 0. The van der Waals surface area contributed by atoms with Crippen molar-refractivity contribution in [3.05, 3.63) is 66.7 Å². The molecule has 1 aromatic heterocycles. The molecule has 0 amide bonds. The molecule has 0 aliphatic rings. The smallest absolute Gasteiger partial charge is 0.493 e. The second-order valence-electron chi connectivity index (χ2n) is 7.88. The lowest BCUT2D eigenvalue weighted by atomic mass is 10.1. The Labute approximate surface area is 207 Å². The number of carbonyl (C=O) groups is 1. The average Bonchev–Trinajstić information content (AvgIpc) is 3.21. The van der Waals surface area contributed by atoms with Crippen molar-refractivity contribution in [2.24, 2.45) is 0 Å². The summed E-state index contributed by atoms with van der Waals surface area (Å²) in [6.45, 7) is 2.63. The third-order valence-electron chi connectivity index (χ3n) is 4.72. The average molecular weight is 532 g/mol. The van der Waals surface area contributed by atoms with Crippen LogP contribution in [0.2, 0.25) is 0 Å². The van der Waals surface area contributed by atoms with Crippen molar-refractivity contribution in [2.45, 2.75) is 38.3 Å². The van der Waals surface area contributed by atoms with Gasteiger partial charge in [0.25, 0.3) is 0 Å². The first-order valence-corrected chi connectivity index (χ1v) is 10.8. The predicted octanol–water partition coefficient (Wildman–Crippen LogP) is 7.15. The fourth-order valence-electron chi connectivity index (χ4n) is 2.99. The molecule has 0 unspecified atom stereocenters. The zero-order valence-electron chi connectivity index (χ0n) is 19.4. The molecule has 37 heavy (non-hydrogen) atoms. The standard InChI is InChI=1S/C25H22F6O6/c1-16(2)22(32)34-13-11-24(28,29)37-25(30,31)36-23(26,27)10-12-33-19-9-8-18-14-20(35-21(18)15-19)17-6-4-3-5-7-17/h3-9,14-15H,1,10-13H2,2H3. The van der Waals surface area contributed by atoms with E-state index in [9.17, 15) is 31.1 Å². The number of benzene rings is 2. The van der Waals surface area contributed by atoms with Gasteiger partial charge in [0, 0.05) is 22.6 Å². The number of rotatable bonds is 13. The lowest BCUT2D eigenvalue weighted by Gasteiger charge is -2.26. The molecule has 2 aromatic carbocycles. The molecular formula is C25H22F6O6. The third kappa shape index (κ3) is 8.53. The molecule has 0 N–H and O–H groups in total. The lowest BCUT2D eigenvalue weighted by molar-refractivity contribution is -0.514. The second kappa shape index (κ2) is 11.3. The van der Waals surface area contributed by atoms with Gasteiger partial charge in [0.15, 0.2) is 0 Å². The van der Waals surface area contributed by atoms with Crippen molar-refractivity contribution in [1.82, 2.24) is 0 Å². The van der Waals surface area contributed by atoms with Gasteiger partial charge >= 0.3 is 24.5 Å². The molecule has 0 saturated heterocycles. The van der Waals surface area contributed by atoms with E-state index in [-0.39, 0.29) is 11.3 Å². The van der Waals surface area contributed by atoms with Crippen LogP contribution in [0.25, 0.3) is 22.3 Å². The molecule has 0 spiro atoms. The molecule has 0 saturated carbocycles. The molecule has 200 valence electrons. The monoisotopic (exact) mass is 532 g/mol. The van der Waals surface area contributed by atoms with E-state index in [0.717, 1.165) is 5.56 Å². The molecule has 0 radical (unpaired) electrons. The van der Waals surface area contributed by atoms with Crippen molar-refractivity contribution in [3.8, 4) is 17.1 Å². The van der Waals surface area contributed by atoms with Gasteiger partial charge in [0.1, 0.15) is 17.1 Å². The van der Waals surface area contributed by atoms with Crippen LogP contribution in [-0.4, -0.2) is 37.7 Å². The quantitative estimate of drug-likeness (QED) is 0.101. The number of alkyl halides is 6. The van der Waals surface area contributed by atoms with Gasteiger partial charge in [-0.15, -0.1) is 8.78 Å². The second-order valence-corrected chi connectivity index (χ2v) is 7.88. The van der Waals surface area contributed by atoms with E-state index in [1.807, 2.05) is 30.3 Å². The van der Waals surface area contributed by atoms with E-state index in [1.165, 1.54) is 19.1 Å². The maximum atomic E-state index is 13.9. The maximum absolute atomic E-state index is 13.9. The highest BCUT2D eigenvalue weighted by molar-refractivity contribution is 5.87. The molecule has 0 atom stereocenters. The fraction of sp³-hybridized carbons (Fsp3) is 0.320. The highest BCUT2D eigenvalue weighted by Crippen LogP contribution is 2.36. The van der Waals surface area contributed by atoms with E-state index < -0.39 is 50.5 Å². The normalized spacial score (nSPS) is 12.5. The van der Waals surface area contributed by atoms with Crippen molar-refractivity contribution in [1.29, 1.82) is 0 Å². The SMILES string of the molecule is C=C(C)C(=O)OCCC(F)(F)OC(F)(F)OC(F)(F)CCOc1ccc2cc(-c3ccccc3)oc2c1. The molecule has 0 fully saturated rings. The summed E-state index contributed by atoms with van der Waals surface area (Å²) in [5, 5.41) is 0.715. The van der Waals surface area contributed by atoms with E-state index in [2.05, 4.69) is 20.8 Å². The minimum Gasteiger partial charge on any atom is -0.493 e. The van der Waals surface area contributed by atoms with Gasteiger partial charge < -0.3 is 13.9 Å². The molecule has 0 aliphatic carbocycles. The molecule has 3 rings (SSSR count). The summed E-state index contributed by atoms with van der Waals surface area (Å²) in [7, 11) is 0. The minimum absolute atomic E-state index is 0.108. The summed E-state index contributed by atoms with van der Waals surface area (Å²) in [6, 6.07) is 15.5. The maximum Gasteiger partial charge on any atom is 0.494 e. The van der Waals surface area contributed by atoms with E-state index in [4.69, 9.17) is 9.15 Å². The zero-order chi connectivity index (χ0) is 27.3. The molecule has 1 heterocycles. The van der Waals surface area contributed by atoms with Crippen molar-refractivity contribution in [2.75, 3.05) is 13.2 Å². The van der Waals surface area contributed by atoms with Gasteiger partial charge in [-0.1, -0.05) is 36.9 Å². The van der Waals surface area contributed by atoms with E-state index in [1.54, 1.807) is 12.1 Å². The van der Waals surface area contributed by atoms with E-state index in [0.29, 0.717) is 16.7 Å². The van der Waals surface area contributed by atoms with Crippen LogP contribution in [0.3, 0.4) is 0 Å². The Bertz CT molecular complexity index is 1220. The number of fused-ring (bicyclic) bond motifs is 1. The number of ether oxygens (including phenoxy) is 4. The summed E-state index contributed by atoms with van der Waals surface area (Å²) < 4.78 is 104. The van der Waals surface area contributed by atoms with Crippen LogP contribution in [0.1, 0.15) is 19.8 Å². The highest BCUT2D eigenvalue weighted by atomic mass is 19.3. The van der Waals surface area contributed by atoms with Crippen LogP contribution in [0.5, 0.6) is 5.75 Å². The molecule has 0 bridgehead atoms. The summed E-state index contributed by atoms with van der Waals surface area (Å²) in [4.78, 5) is 11.1.